The number of likely N-dealkylation sites (tertiary alicyclic amines) is 2. The van der Waals surface area contributed by atoms with Crippen LogP contribution in [0.15, 0.2) is 0 Å². The van der Waals surface area contributed by atoms with Crippen LogP contribution in [-0.4, -0.2) is 98.1 Å². The fourth-order valence-electron chi connectivity index (χ4n) is 4.65. The van der Waals surface area contributed by atoms with Gasteiger partial charge in [0.2, 0.25) is 0 Å². The highest BCUT2D eigenvalue weighted by atomic mass is 15.2. The van der Waals surface area contributed by atoms with Crippen molar-refractivity contribution in [1.29, 1.82) is 0 Å². The first-order valence-electron chi connectivity index (χ1n) is 11.7. The van der Waals surface area contributed by atoms with E-state index in [1.165, 1.54) is 130 Å². The van der Waals surface area contributed by atoms with Crippen LogP contribution < -0.4 is 0 Å². The highest BCUT2D eigenvalue weighted by Gasteiger charge is 2.14. The van der Waals surface area contributed by atoms with Crippen molar-refractivity contribution in [2.45, 2.75) is 65.2 Å². The summed E-state index contributed by atoms with van der Waals surface area (Å²) in [7, 11) is 0. The second kappa shape index (κ2) is 13.9. The fourth-order valence-corrected chi connectivity index (χ4v) is 4.65. The summed E-state index contributed by atoms with van der Waals surface area (Å²) >= 11 is 0. The maximum absolute atomic E-state index is 2.77. The second-order valence-corrected chi connectivity index (χ2v) is 8.43. The molecule has 0 atom stereocenters. The zero-order valence-electron chi connectivity index (χ0n) is 17.9. The molecule has 0 bridgehead atoms. The van der Waals surface area contributed by atoms with E-state index in [0.29, 0.717) is 0 Å². The van der Waals surface area contributed by atoms with Gasteiger partial charge in [0.05, 0.1) is 0 Å². The third-order valence-electron chi connectivity index (χ3n) is 6.23. The van der Waals surface area contributed by atoms with E-state index in [0.717, 1.165) is 0 Å². The van der Waals surface area contributed by atoms with Gasteiger partial charge in [-0.1, -0.05) is 13.8 Å². The lowest BCUT2D eigenvalue weighted by Gasteiger charge is -2.26. The van der Waals surface area contributed by atoms with Crippen LogP contribution in [0.1, 0.15) is 65.2 Å². The van der Waals surface area contributed by atoms with Gasteiger partial charge < -0.3 is 19.6 Å². The Morgan fingerprint density at radius 2 is 1.04 bits per heavy atom. The van der Waals surface area contributed by atoms with Crippen LogP contribution in [0.3, 0.4) is 0 Å². The maximum Gasteiger partial charge on any atom is -0.000653 e. The molecule has 2 rings (SSSR count). The van der Waals surface area contributed by atoms with Crippen molar-refractivity contribution in [3.63, 3.8) is 0 Å². The Labute approximate surface area is 163 Å². The second-order valence-electron chi connectivity index (χ2n) is 8.43. The first-order valence-corrected chi connectivity index (χ1v) is 11.7. The molecular weight excluding hydrogens is 320 g/mol. The lowest BCUT2D eigenvalue weighted by molar-refractivity contribution is 0.208. The number of hydrogen-bond acceptors (Lipinski definition) is 4. The van der Waals surface area contributed by atoms with E-state index >= 15 is 0 Å². The van der Waals surface area contributed by atoms with Crippen LogP contribution in [0.5, 0.6) is 0 Å². The fraction of sp³-hybridized carbons (Fsp3) is 1.00. The van der Waals surface area contributed by atoms with Crippen LogP contribution in [0.4, 0.5) is 0 Å². The third-order valence-corrected chi connectivity index (χ3v) is 6.23. The predicted molar refractivity (Wildman–Crippen MR) is 114 cm³/mol. The Morgan fingerprint density at radius 1 is 0.577 bits per heavy atom. The average Bonchev–Trinajstić information content (AvgIpc) is 3.34. The zero-order valence-corrected chi connectivity index (χ0v) is 17.9. The molecule has 154 valence electrons. The summed E-state index contributed by atoms with van der Waals surface area (Å²) in [6.45, 7) is 20.3. The number of nitrogens with zero attached hydrogens (tertiary/aromatic N) is 4. The predicted octanol–water partition coefficient (Wildman–Crippen LogP) is 3.38. The van der Waals surface area contributed by atoms with E-state index in [2.05, 4.69) is 33.4 Å². The van der Waals surface area contributed by atoms with Gasteiger partial charge in [-0.25, -0.2) is 0 Å². The molecule has 2 fully saturated rings. The molecule has 0 aromatic heterocycles. The van der Waals surface area contributed by atoms with E-state index in [-0.39, 0.29) is 0 Å². The Morgan fingerprint density at radius 3 is 1.50 bits per heavy atom. The molecular formula is C22H46N4. The Bertz CT molecular complexity index is 302. The molecule has 0 spiro atoms. The molecule has 0 N–H and O–H groups in total. The molecule has 0 aromatic rings. The summed E-state index contributed by atoms with van der Waals surface area (Å²) in [6, 6.07) is 0. The van der Waals surface area contributed by atoms with E-state index in [1.54, 1.807) is 0 Å². The van der Waals surface area contributed by atoms with E-state index in [4.69, 9.17) is 0 Å². The zero-order chi connectivity index (χ0) is 18.5. The summed E-state index contributed by atoms with van der Waals surface area (Å²) in [4.78, 5) is 10.7. The molecule has 4 nitrogen and oxygen atoms in total. The van der Waals surface area contributed by atoms with Crippen LogP contribution in [-0.2, 0) is 0 Å². The van der Waals surface area contributed by atoms with Gasteiger partial charge in [0, 0.05) is 0 Å². The van der Waals surface area contributed by atoms with E-state index in [1.807, 2.05) is 0 Å². The minimum absolute atomic E-state index is 1.21. The summed E-state index contributed by atoms with van der Waals surface area (Å²) in [5.41, 5.74) is 0. The smallest absolute Gasteiger partial charge is 0.000653 e. The van der Waals surface area contributed by atoms with Crippen molar-refractivity contribution in [2.75, 3.05) is 78.5 Å². The maximum atomic E-state index is 2.77. The molecule has 0 saturated carbocycles. The minimum atomic E-state index is 1.21. The van der Waals surface area contributed by atoms with Gasteiger partial charge in [0.1, 0.15) is 0 Å². The molecule has 0 radical (unpaired) electrons. The van der Waals surface area contributed by atoms with Crippen molar-refractivity contribution >= 4 is 0 Å². The molecule has 2 aliphatic heterocycles. The normalized spacial score (nSPS) is 19.4. The van der Waals surface area contributed by atoms with Crippen LogP contribution in [0, 0.1) is 0 Å². The van der Waals surface area contributed by atoms with E-state index in [9.17, 15) is 0 Å². The van der Waals surface area contributed by atoms with Gasteiger partial charge in [-0.3, -0.25) is 0 Å². The SMILES string of the molecule is CCCN(CC)CCCN(CCCN1CCCC1)CCCN1CCCC1. The topological polar surface area (TPSA) is 13.0 Å². The average molecular weight is 367 g/mol. The monoisotopic (exact) mass is 366 g/mol. The Kier molecular flexibility index (Phi) is 11.9. The summed E-state index contributed by atoms with van der Waals surface area (Å²) in [5, 5.41) is 0. The van der Waals surface area contributed by atoms with Crippen LogP contribution in [0.25, 0.3) is 0 Å². The molecule has 0 aromatic carbocycles. The highest BCUT2D eigenvalue weighted by Crippen LogP contribution is 2.10. The summed E-state index contributed by atoms with van der Waals surface area (Å²) in [5.74, 6) is 0. The van der Waals surface area contributed by atoms with Gasteiger partial charge in [-0.15, -0.1) is 0 Å². The van der Waals surface area contributed by atoms with Crippen molar-refractivity contribution in [2.24, 2.45) is 0 Å². The highest BCUT2D eigenvalue weighted by molar-refractivity contribution is 4.70. The molecule has 2 aliphatic rings. The number of rotatable bonds is 15. The molecule has 4 heteroatoms. The molecule has 0 unspecified atom stereocenters. The first-order chi connectivity index (χ1) is 12.8. The minimum Gasteiger partial charge on any atom is -0.304 e. The van der Waals surface area contributed by atoms with Crippen molar-refractivity contribution in [3.8, 4) is 0 Å². The number of hydrogen-bond donors (Lipinski definition) is 0. The van der Waals surface area contributed by atoms with Crippen LogP contribution in [0.2, 0.25) is 0 Å². The van der Waals surface area contributed by atoms with Gasteiger partial charge in [0.15, 0.2) is 0 Å². The van der Waals surface area contributed by atoms with Crippen LogP contribution >= 0.6 is 0 Å². The Hall–Kier alpha value is -0.160. The standard InChI is InChI=1S/C22H46N4/c1-3-12-23(4-2)17-9-18-26(21-10-19-24-13-5-6-14-24)22-11-20-25-15-7-8-16-25/h3-22H2,1-2H3. The molecule has 26 heavy (non-hydrogen) atoms. The van der Waals surface area contributed by atoms with Gasteiger partial charge in [0.25, 0.3) is 0 Å². The van der Waals surface area contributed by atoms with Crippen molar-refractivity contribution in [3.05, 3.63) is 0 Å². The van der Waals surface area contributed by atoms with Gasteiger partial charge in [-0.05, 0) is 130 Å². The first kappa shape index (κ1) is 22.1. The summed E-state index contributed by atoms with van der Waals surface area (Å²) < 4.78 is 0. The molecule has 0 aliphatic carbocycles. The Balaban J connectivity index is 1.64. The van der Waals surface area contributed by atoms with E-state index < -0.39 is 0 Å². The third kappa shape index (κ3) is 9.16. The van der Waals surface area contributed by atoms with Gasteiger partial charge in [-0.2, -0.15) is 0 Å². The summed E-state index contributed by atoms with van der Waals surface area (Å²) in [6.07, 6.45) is 11.0. The quantitative estimate of drug-likeness (QED) is 0.440. The van der Waals surface area contributed by atoms with Gasteiger partial charge >= 0.3 is 0 Å². The molecule has 0 amide bonds. The lowest BCUT2D eigenvalue weighted by Crippen LogP contribution is -2.34. The van der Waals surface area contributed by atoms with Crippen molar-refractivity contribution < 1.29 is 0 Å². The largest absolute Gasteiger partial charge is 0.304 e. The lowest BCUT2D eigenvalue weighted by atomic mass is 10.2. The molecule has 2 saturated heterocycles. The van der Waals surface area contributed by atoms with Crippen molar-refractivity contribution in [1.82, 2.24) is 19.6 Å². The molecule has 2 heterocycles.